The molecule has 0 unspecified atom stereocenters. The molecule has 0 atom stereocenters. The van der Waals surface area contributed by atoms with Gasteiger partial charge in [0.05, 0.1) is 24.0 Å². The van der Waals surface area contributed by atoms with E-state index in [1.54, 1.807) is 12.1 Å². The molecule has 2 N–H and O–H groups in total. The van der Waals surface area contributed by atoms with Crippen LogP contribution in [0.2, 0.25) is 0 Å². The average molecular weight is 275 g/mol. The van der Waals surface area contributed by atoms with Crippen LogP contribution < -0.4 is 10.1 Å². The van der Waals surface area contributed by atoms with E-state index in [1.165, 1.54) is 25.3 Å². The summed E-state index contributed by atoms with van der Waals surface area (Å²) < 4.78 is 19.0. The van der Waals surface area contributed by atoms with Crippen molar-refractivity contribution in [2.45, 2.75) is 6.92 Å². The molecular formula is C15H14FNO3. The Labute approximate surface area is 115 Å². The van der Waals surface area contributed by atoms with Gasteiger partial charge in [-0.05, 0) is 36.8 Å². The first-order chi connectivity index (χ1) is 9.52. The van der Waals surface area contributed by atoms with Gasteiger partial charge in [-0.25, -0.2) is 9.18 Å². The van der Waals surface area contributed by atoms with E-state index in [-0.39, 0.29) is 11.3 Å². The first kappa shape index (κ1) is 13.9. The van der Waals surface area contributed by atoms with Gasteiger partial charge in [0.25, 0.3) is 0 Å². The number of para-hydroxylation sites is 1. The third-order valence-electron chi connectivity index (χ3n) is 2.86. The quantitative estimate of drug-likeness (QED) is 0.895. The van der Waals surface area contributed by atoms with Gasteiger partial charge in [-0.1, -0.05) is 12.1 Å². The van der Waals surface area contributed by atoms with Gasteiger partial charge in [0.1, 0.15) is 11.6 Å². The highest BCUT2D eigenvalue weighted by atomic mass is 19.1. The third-order valence-corrected chi connectivity index (χ3v) is 2.86. The van der Waals surface area contributed by atoms with Crippen LogP contribution in [0.15, 0.2) is 36.4 Å². The van der Waals surface area contributed by atoms with Crippen molar-refractivity contribution in [1.82, 2.24) is 0 Å². The Kier molecular flexibility index (Phi) is 3.89. The zero-order valence-electron chi connectivity index (χ0n) is 11.1. The molecule has 20 heavy (non-hydrogen) atoms. The van der Waals surface area contributed by atoms with E-state index in [0.29, 0.717) is 11.4 Å². The van der Waals surface area contributed by atoms with Crippen LogP contribution in [-0.4, -0.2) is 18.2 Å². The number of anilines is 2. The Balaban J connectivity index is 2.50. The SMILES string of the molecule is COc1ccc(C)cc1Nc1c(F)cccc1C(=O)O. The van der Waals surface area contributed by atoms with Crippen LogP contribution in [-0.2, 0) is 0 Å². The lowest BCUT2D eigenvalue weighted by Gasteiger charge is -2.14. The van der Waals surface area contributed by atoms with Crippen molar-refractivity contribution in [3.05, 3.63) is 53.3 Å². The van der Waals surface area contributed by atoms with E-state index in [2.05, 4.69) is 5.32 Å². The zero-order valence-corrected chi connectivity index (χ0v) is 11.1. The molecule has 0 heterocycles. The predicted molar refractivity (Wildman–Crippen MR) is 74.4 cm³/mol. The van der Waals surface area contributed by atoms with Gasteiger partial charge in [0.15, 0.2) is 0 Å². The van der Waals surface area contributed by atoms with Gasteiger partial charge >= 0.3 is 5.97 Å². The van der Waals surface area contributed by atoms with E-state index in [4.69, 9.17) is 9.84 Å². The summed E-state index contributed by atoms with van der Waals surface area (Å²) in [7, 11) is 1.50. The van der Waals surface area contributed by atoms with E-state index in [1.807, 2.05) is 13.0 Å². The molecule has 2 aromatic carbocycles. The van der Waals surface area contributed by atoms with Crippen molar-refractivity contribution in [1.29, 1.82) is 0 Å². The number of aromatic carboxylic acids is 1. The first-order valence-corrected chi connectivity index (χ1v) is 5.96. The fourth-order valence-electron chi connectivity index (χ4n) is 1.88. The van der Waals surface area contributed by atoms with Gasteiger partial charge in [0.2, 0.25) is 0 Å². The number of benzene rings is 2. The highest BCUT2D eigenvalue weighted by Gasteiger charge is 2.15. The smallest absolute Gasteiger partial charge is 0.337 e. The molecule has 0 aliphatic carbocycles. The predicted octanol–water partition coefficient (Wildman–Crippen LogP) is 3.58. The minimum atomic E-state index is -1.20. The molecule has 0 saturated heterocycles. The molecule has 0 fully saturated rings. The topological polar surface area (TPSA) is 58.6 Å². The number of nitrogens with one attached hydrogen (secondary N) is 1. The minimum absolute atomic E-state index is 0.0797. The van der Waals surface area contributed by atoms with Gasteiger partial charge in [-0.3, -0.25) is 0 Å². The van der Waals surface area contributed by atoms with Crippen LogP contribution in [0.5, 0.6) is 5.75 Å². The van der Waals surface area contributed by atoms with Crippen LogP contribution in [0.25, 0.3) is 0 Å². The minimum Gasteiger partial charge on any atom is -0.495 e. The maximum Gasteiger partial charge on any atom is 0.337 e. The number of halogens is 1. The molecule has 0 saturated carbocycles. The molecular weight excluding hydrogens is 261 g/mol. The van der Waals surface area contributed by atoms with Gasteiger partial charge in [0, 0.05) is 0 Å². The second-order valence-electron chi connectivity index (χ2n) is 4.30. The molecule has 0 bridgehead atoms. The molecule has 0 aliphatic heterocycles. The van der Waals surface area contributed by atoms with Crippen molar-refractivity contribution in [2.24, 2.45) is 0 Å². The Bertz CT molecular complexity index is 656. The van der Waals surface area contributed by atoms with Crippen LogP contribution in [0, 0.1) is 12.7 Å². The summed E-state index contributed by atoms with van der Waals surface area (Å²) in [5, 5.41) is 11.9. The van der Waals surface area contributed by atoms with E-state index < -0.39 is 11.8 Å². The largest absolute Gasteiger partial charge is 0.495 e. The number of aryl methyl sites for hydroxylation is 1. The van der Waals surface area contributed by atoms with Crippen molar-refractivity contribution < 1.29 is 19.0 Å². The van der Waals surface area contributed by atoms with Crippen molar-refractivity contribution in [3.63, 3.8) is 0 Å². The Morgan fingerprint density at radius 2 is 2.05 bits per heavy atom. The van der Waals surface area contributed by atoms with Gasteiger partial charge in [-0.2, -0.15) is 0 Å². The maximum absolute atomic E-state index is 13.9. The number of carboxylic acids is 1. The number of carboxylic acid groups (broad SMARTS) is 1. The highest BCUT2D eigenvalue weighted by molar-refractivity contribution is 5.95. The fourth-order valence-corrected chi connectivity index (χ4v) is 1.88. The number of hydrogen-bond donors (Lipinski definition) is 2. The van der Waals surface area contributed by atoms with Crippen LogP contribution in [0.4, 0.5) is 15.8 Å². The second-order valence-corrected chi connectivity index (χ2v) is 4.30. The molecule has 0 amide bonds. The van der Waals surface area contributed by atoms with Crippen molar-refractivity contribution in [2.75, 3.05) is 12.4 Å². The van der Waals surface area contributed by atoms with E-state index >= 15 is 0 Å². The van der Waals surface area contributed by atoms with Gasteiger partial charge in [-0.15, -0.1) is 0 Å². The maximum atomic E-state index is 13.9. The van der Waals surface area contributed by atoms with E-state index in [9.17, 15) is 9.18 Å². The number of ether oxygens (including phenoxy) is 1. The zero-order chi connectivity index (χ0) is 14.7. The third kappa shape index (κ3) is 2.71. The summed E-state index contributed by atoms with van der Waals surface area (Å²) in [5.41, 5.74) is 1.25. The van der Waals surface area contributed by atoms with Crippen LogP contribution in [0.1, 0.15) is 15.9 Å². The summed E-state index contributed by atoms with van der Waals surface area (Å²) in [6.45, 7) is 1.88. The molecule has 0 radical (unpaired) electrons. The number of carbonyl (C=O) groups is 1. The van der Waals surface area contributed by atoms with Gasteiger partial charge < -0.3 is 15.2 Å². The Morgan fingerprint density at radius 3 is 2.70 bits per heavy atom. The first-order valence-electron chi connectivity index (χ1n) is 5.96. The Hall–Kier alpha value is -2.56. The molecule has 2 aromatic rings. The molecule has 5 heteroatoms. The summed E-state index contributed by atoms with van der Waals surface area (Å²) in [6, 6.07) is 9.25. The number of methoxy groups -OCH3 is 1. The standard InChI is InChI=1S/C15H14FNO3/c1-9-6-7-13(20-2)12(8-9)17-14-10(15(18)19)4-3-5-11(14)16/h3-8,17H,1-2H3,(H,18,19). The molecule has 0 aromatic heterocycles. The number of rotatable bonds is 4. The lowest BCUT2D eigenvalue weighted by molar-refractivity contribution is 0.0697. The summed E-state index contributed by atoms with van der Waals surface area (Å²) in [5.74, 6) is -1.32. The molecule has 0 spiro atoms. The molecule has 104 valence electrons. The van der Waals surface area contributed by atoms with Crippen molar-refractivity contribution >= 4 is 17.3 Å². The number of hydrogen-bond acceptors (Lipinski definition) is 3. The normalized spacial score (nSPS) is 10.2. The summed E-state index contributed by atoms with van der Waals surface area (Å²) in [4.78, 5) is 11.1. The molecule has 4 nitrogen and oxygen atoms in total. The monoisotopic (exact) mass is 275 g/mol. The molecule has 2 rings (SSSR count). The van der Waals surface area contributed by atoms with E-state index in [0.717, 1.165) is 5.56 Å². The highest BCUT2D eigenvalue weighted by Crippen LogP contribution is 2.31. The second kappa shape index (κ2) is 5.61. The van der Waals surface area contributed by atoms with Crippen molar-refractivity contribution in [3.8, 4) is 5.75 Å². The average Bonchev–Trinajstić information content (AvgIpc) is 2.41. The van der Waals surface area contributed by atoms with Crippen LogP contribution >= 0.6 is 0 Å². The van der Waals surface area contributed by atoms with Crippen LogP contribution in [0.3, 0.4) is 0 Å². The lowest BCUT2D eigenvalue weighted by Crippen LogP contribution is -2.05. The fraction of sp³-hybridized carbons (Fsp3) is 0.133. The lowest BCUT2D eigenvalue weighted by atomic mass is 10.1. The summed E-state index contributed by atoms with van der Waals surface area (Å²) >= 11 is 0. The summed E-state index contributed by atoms with van der Waals surface area (Å²) in [6.07, 6.45) is 0. The molecule has 0 aliphatic rings. The Morgan fingerprint density at radius 1 is 1.30 bits per heavy atom.